The largest absolute Gasteiger partial charge is 0.497 e. The molecule has 0 saturated heterocycles. The summed E-state index contributed by atoms with van der Waals surface area (Å²) in [6.45, 7) is 6.38. The van der Waals surface area contributed by atoms with Crippen molar-refractivity contribution in [2.75, 3.05) is 24.4 Å². The Morgan fingerprint density at radius 1 is 1.07 bits per heavy atom. The zero-order valence-corrected chi connectivity index (χ0v) is 23.9. The fraction of sp³-hybridized carbons (Fsp3) is 0.179. The van der Waals surface area contributed by atoms with Crippen molar-refractivity contribution in [2.24, 2.45) is 21.5 Å². The van der Waals surface area contributed by atoms with Crippen LogP contribution in [-0.2, 0) is 14.4 Å². The van der Waals surface area contributed by atoms with E-state index >= 15 is 4.39 Å². The third-order valence-electron chi connectivity index (χ3n) is 5.29. The van der Waals surface area contributed by atoms with Crippen LogP contribution in [0.15, 0.2) is 77.0 Å². The molecule has 230 valence electrons. The zero-order chi connectivity index (χ0) is 32.2. The van der Waals surface area contributed by atoms with Gasteiger partial charge in [0.1, 0.15) is 30.1 Å². The number of ether oxygens (including phenoxy) is 2. The first-order chi connectivity index (χ1) is 21.0. The number of carbonyl (C=O) groups excluding carboxylic acids is 3. The van der Waals surface area contributed by atoms with E-state index in [4.69, 9.17) is 25.8 Å². The Balaban J connectivity index is 1.97. The Morgan fingerprint density at radius 3 is 2.36 bits per heavy atom. The van der Waals surface area contributed by atoms with Crippen LogP contribution in [0.5, 0.6) is 11.5 Å². The monoisotopic (exact) mass is 608 g/mol. The fourth-order valence-electron chi connectivity index (χ4n) is 3.35. The number of nitrogens with one attached hydrogen (secondary N) is 2. The number of halogens is 1. The van der Waals surface area contributed by atoms with Crippen molar-refractivity contribution in [3.63, 3.8) is 0 Å². The number of aromatic nitrogens is 2. The average molecular weight is 609 g/mol. The summed E-state index contributed by atoms with van der Waals surface area (Å²) in [6, 6.07) is 7.82. The zero-order valence-electron chi connectivity index (χ0n) is 23.9. The number of hydrogen-bond donors (Lipinski definition) is 4. The van der Waals surface area contributed by atoms with E-state index in [0.29, 0.717) is 16.8 Å². The fourth-order valence-corrected chi connectivity index (χ4v) is 3.35. The molecule has 0 radical (unpaired) electrons. The van der Waals surface area contributed by atoms with E-state index in [2.05, 4.69) is 42.1 Å². The Labute approximate surface area is 250 Å². The van der Waals surface area contributed by atoms with Crippen LogP contribution in [0.4, 0.5) is 25.6 Å². The highest BCUT2D eigenvalue weighted by atomic mass is 19.1. The van der Waals surface area contributed by atoms with Crippen molar-refractivity contribution in [1.29, 1.82) is 0 Å². The van der Waals surface area contributed by atoms with E-state index < -0.39 is 41.5 Å². The maximum atomic E-state index is 15.7. The molecule has 3 amide bonds. The molecule has 0 bridgehead atoms. The molecule has 1 aromatic heterocycles. The maximum absolute atomic E-state index is 15.7. The molecular formula is C28H29FN8O7. The van der Waals surface area contributed by atoms with Crippen LogP contribution in [-0.4, -0.2) is 53.4 Å². The van der Waals surface area contributed by atoms with E-state index in [9.17, 15) is 14.4 Å². The molecule has 0 fully saturated rings. The van der Waals surface area contributed by atoms with Gasteiger partial charge in [0.2, 0.25) is 11.7 Å². The molecule has 0 saturated carbocycles. The van der Waals surface area contributed by atoms with Gasteiger partial charge in [0.05, 0.1) is 7.11 Å². The van der Waals surface area contributed by atoms with Gasteiger partial charge >= 0.3 is 18.1 Å². The second-order valence-electron chi connectivity index (χ2n) is 8.89. The summed E-state index contributed by atoms with van der Waals surface area (Å²) in [5.74, 6) is -2.80. The summed E-state index contributed by atoms with van der Waals surface area (Å²) < 4.78 is 25.9. The number of hydrogen-bond acceptors (Lipinski definition) is 10. The van der Waals surface area contributed by atoms with Crippen LogP contribution in [0.3, 0.4) is 0 Å². The van der Waals surface area contributed by atoms with Crippen LogP contribution in [0.1, 0.15) is 31.0 Å². The van der Waals surface area contributed by atoms with Crippen LogP contribution in [0.25, 0.3) is 0 Å². The van der Waals surface area contributed by atoms with Gasteiger partial charge in [0, 0.05) is 42.2 Å². The average Bonchev–Trinajstić information content (AvgIpc) is 2.99. The normalized spacial score (nSPS) is 12.0. The van der Waals surface area contributed by atoms with Gasteiger partial charge in [-0.2, -0.15) is 9.98 Å². The second-order valence-corrected chi connectivity index (χ2v) is 8.89. The molecule has 3 rings (SSSR count). The number of urea groups is 1. The van der Waals surface area contributed by atoms with Gasteiger partial charge < -0.3 is 26.3 Å². The topological polar surface area (TPSA) is 215 Å². The first-order valence-corrected chi connectivity index (χ1v) is 12.6. The first-order valence-electron chi connectivity index (χ1n) is 12.6. The number of methoxy groups -OCH3 is 1. The summed E-state index contributed by atoms with van der Waals surface area (Å²) in [6.07, 6.45) is 1.92. The minimum Gasteiger partial charge on any atom is -0.497 e. The number of nitrogens with zero attached hydrogens (tertiary/aromatic N) is 4. The molecule has 1 unspecified atom stereocenters. The molecule has 0 spiro atoms. The van der Waals surface area contributed by atoms with Crippen molar-refractivity contribution in [3.05, 3.63) is 84.0 Å². The molecule has 6 N–H and O–H groups in total. The van der Waals surface area contributed by atoms with Crippen LogP contribution in [0.2, 0.25) is 0 Å². The number of benzene rings is 2. The molecule has 15 nitrogen and oxygen atoms in total. The van der Waals surface area contributed by atoms with Crippen molar-refractivity contribution >= 4 is 41.4 Å². The lowest BCUT2D eigenvalue weighted by Crippen LogP contribution is -2.31. The molecule has 16 heteroatoms. The third kappa shape index (κ3) is 9.51. The van der Waals surface area contributed by atoms with E-state index in [-0.39, 0.29) is 29.7 Å². The molecule has 0 aliphatic rings. The molecule has 3 aromatic rings. The van der Waals surface area contributed by atoms with Crippen molar-refractivity contribution in [2.45, 2.75) is 19.9 Å². The van der Waals surface area contributed by atoms with E-state index in [1.54, 1.807) is 13.0 Å². The molecule has 0 aliphatic carbocycles. The number of anilines is 2. The molecule has 0 aliphatic heterocycles. The highest BCUT2D eigenvalue weighted by molar-refractivity contribution is 6.03. The highest BCUT2D eigenvalue weighted by Gasteiger charge is 2.26. The van der Waals surface area contributed by atoms with Crippen LogP contribution < -0.4 is 31.7 Å². The Morgan fingerprint density at radius 2 is 1.75 bits per heavy atom. The van der Waals surface area contributed by atoms with Gasteiger partial charge in [-0.15, -0.1) is 0 Å². The summed E-state index contributed by atoms with van der Waals surface area (Å²) in [7, 11) is 1.32. The first kappa shape index (κ1) is 32.5. The molecular weight excluding hydrogens is 579 g/mol. The Kier molecular flexibility index (Phi) is 11.2. The summed E-state index contributed by atoms with van der Waals surface area (Å²) in [5.41, 5.74) is 13.3. The predicted octanol–water partition coefficient (Wildman–Crippen LogP) is 3.64. The van der Waals surface area contributed by atoms with Gasteiger partial charge in [0.15, 0.2) is 5.82 Å². The third-order valence-corrected chi connectivity index (χ3v) is 5.29. The molecule has 2 aromatic carbocycles. The minimum atomic E-state index is -1.32. The number of amidine groups is 2. The van der Waals surface area contributed by atoms with Crippen molar-refractivity contribution < 1.29 is 38.0 Å². The summed E-state index contributed by atoms with van der Waals surface area (Å²) in [4.78, 5) is 60.4. The number of carbonyl (C=O) groups is 3. The van der Waals surface area contributed by atoms with E-state index in [0.717, 1.165) is 13.0 Å². The van der Waals surface area contributed by atoms with Gasteiger partial charge in [-0.3, -0.25) is 15.1 Å². The SMILES string of the molecule is C=C(C)COC(=O)N=C(N)c1ccc(NC(C(N)=NC(=O)Nc2ncccn2)c2cc(OC)cc(OOC(C)=O)c2F)cc1. The highest BCUT2D eigenvalue weighted by Crippen LogP contribution is 2.33. The lowest BCUT2D eigenvalue weighted by molar-refractivity contribution is -0.212. The van der Waals surface area contributed by atoms with Gasteiger partial charge in [0.25, 0.3) is 0 Å². The Bertz CT molecular complexity index is 1580. The summed E-state index contributed by atoms with van der Waals surface area (Å²) >= 11 is 0. The minimum absolute atomic E-state index is 0.00626. The second kappa shape index (κ2) is 15.2. The van der Waals surface area contributed by atoms with Crippen LogP contribution >= 0.6 is 0 Å². The van der Waals surface area contributed by atoms with Crippen molar-refractivity contribution in [3.8, 4) is 11.5 Å². The van der Waals surface area contributed by atoms with Crippen LogP contribution in [0, 0.1) is 5.82 Å². The molecule has 1 heterocycles. The number of rotatable bonds is 11. The number of amides is 3. The van der Waals surface area contributed by atoms with Gasteiger partial charge in [-0.05, 0) is 48.9 Å². The number of nitrogens with two attached hydrogens (primary N) is 2. The molecule has 44 heavy (non-hydrogen) atoms. The maximum Gasteiger partial charge on any atom is 0.435 e. The van der Waals surface area contributed by atoms with Gasteiger partial charge in [-0.1, -0.05) is 6.58 Å². The lowest BCUT2D eigenvalue weighted by Gasteiger charge is -2.22. The molecule has 1 atom stereocenters. The van der Waals surface area contributed by atoms with Crippen molar-refractivity contribution in [1.82, 2.24) is 9.97 Å². The van der Waals surface area contributed by atoms with E-state index in [1.807, 2.05) is 0 Å². The smallest absolute Gasteiger partial charge is 0.435 e. The summed E-state index contributed by atoms with van der Waals surface area (Å²) in [5, 5.41) is 5.33. The lowest BCUT2D eigenvalue weighted by atomic mass is 10.0. The predicted molar refractivity (Wildman–Crippen MR) is 158 cm³/mol. The van der Waals surface area contributed by atoms with E-state index in [1.165, 1.54) is 49.8 Å². The standard InChI is InChI=1S/C28H29FN8O7/c1-15(2)14-42-28(40)36-24(30)17-6-8-18(9-7-17)34-23(25(31)35-27(39)37-26-32-10-5-11-33-26)20-12-19(41-4)13-21(22(20)29)44-43-16(3)38/h5-13,23,34H,1,14H2,2-4H3,(H2,30,36,40)(H3,31,32,33,35,37,39). The number of aliphatic imine (C=N–C) groups is 2. The van der Waals surface area contributed by atoms with Gasteiger partial charge in [-0.25, -0.2) is 28.7 Å². The Hall–Kier alpha value is -6.06. The quantitative estimate of drug-likeness (QED) is 0.0807.